The molecule has 2 fully saturated rings. The molecule has 0 unspecified atom stereocenters. The van der Waals surface area contributed by atoms with Crippen LogP contribution in [0.3, 0.4) is 0 Å². The molecule has 0 atom stereocenters. The summed E-state index contributed by atoms with van der Waals surface area (Å²) in [5, 5.41) is 0. The third-order valence-electron chi connectivity index (χ3n) is 5.12. The van der Waals surface area contributed by atoms with Gasteiger partial charge in [0.15, 0.2) is 0 Å². The third kappa shape index (κ3) is 4.74. The van der Waals surface area contributed by atoms with E-state index in [0.717, 1.165) is 37.4 Å². The average Bonchev–Trinajstić information content (AvgIpc) is 2.82. The summed E-state index contributed by atoms with van der Waals surface area (Å²) in [5.74, 6) is 1.53. The van der Waals surface area contributed by atoms with Gasteiger partial charge < -0.3 is 0 Å². The Balaban J connectivity index is 1.56. The lowest BCUT2D eigenvalue weighted by molar-refractivity contribution is 0.278. The Kier molecular flexibility index (Phi) is 5.84. The molecule has 24 heavy (non-hydrogen) atoms. The Bertz CT molecular complexity index is 626. The molecule has 2 heterocycles. The van der Waals surface area contributed by atoms with E-state index in [1.165, 1.54) is 38.4 Å². The quantitative estimate of drug-likeness (QED) is 0.829. The lowest BCUT2D eigenvalue weighted by Crippen LogP contribution is -2.34. The van der Waals surface area contributed by atoms with Gasteiger partial charge in [-0.2, -0.15) is 0 Å². The lowest BCUT2D eigenvalue weighted by atomic mass is 9.89. The van der Waals surface area contributed by atoms with Crippen molar-refractivity contribution in [3.8, 4) is 0 Å². The summed E-state index contributed by atoms with van der Waals surface area (Å²) in [7, 11) is -3.08. The molecule has 0 radical (unpaired) electrons. The molecule has 2 aliphatic rings. The van der Waals surface area contributed by atoms with Crippen molar-refractivity contribution in [1.29, 1.82) is 0 Å². The summed E-state index contributed by atoms with van der Waals surface area (Å²) in [6, 6.07) is 0. The molecule has 0 spiro atoms. The molecular formula is C17H28N4O2S. The Morgan fingerprint density at radius 3 is 2.38 bits per heavy atom. The van der Waals surface area contributed by atoms with Crippen LogP contribution in [0.5, 0.6) is 0 Å². The largest absolute Gasteiger partial charge is 0.298 e. The van der Waals surface area contributed by atoms with Crippen LogP contribution in [0.2, 0.25) is 0 Å². The van der Waals surface area contributed by atoms with E-state index in [2.05, 4.69) is 14.9 Å². The first-order valence-electron chi connectivity index (χ1n) is 9.00. The van der Waals surface area contributed by atoms with Crippen LogP contribution < -0.4 is 0 Å². The van der Waals surface area contributed by atoms with E-state index in [1.807, 2.05) is 12.4 Å². The minimum absolute atomic E-state index is 0.536. The molecule has 0 amide bonds. The molecule has 1 aromatic heterocycles. The molecule has 0 N–H and O–H groups in total. The summed E-state index contributed by atoms with van der Waals surface area (Å²) in [6.07, 6.45) is 12.4. The predicted molar refractivity (Wildman–Crippen MR) is 94.2 cm³/mol. The van der Waals surface area contributed by atoms with Crippen molar-refractivity contribution in [2.75, 3.05) is 32.4 Å². The number of hydrogen-bond acceptors (Lipinski definition) is 5. The van der Waals surface area contributed by atoms with E-state index in [9.17, 15) is 8.42 Å². The predicted octanol–water partition coefficient (Wildman–Crippen LogP) is 1.99. The van der Waals surface area contributed by atoms with Gasteiger partial charge in [0.05, 0.1) is 6.26 Å². The van der Waals surface area contributed by atoms with E-state index < -0.39 is 10.0 Å². The second-order valence-electron chi connectivity index (χ2n) is 7.08. The zero-order valence-electron chi connectivity index (χ0n) is 14.5. The van der Waals surface area contributed by atoms with Gasteiger partial charge in [-0.25, -0.2) is 22.7 Å². The normalized spacial score (nSPS) is 22.4. The number of aromatic nitrogens is 2. The van der Waals surface area contributed by atoms with Gasteiger partial charge in [0.2, 0.25) is 10.0 Å². The zero-order chi connectivity index (χ0) is 17.0. The van der Waals surface area contributed by atoms with Crippen molar-refractivity contribution in [1.82, 2.24) is 19.2 Å². The molecule has 6 nitrogen and oxygen atoms in total. The Hall–Kier alpha value is -1.05. The summed E-state index contributed by atoms with van der Waals surface area (Å²) < 4.78 is 24.9. The van der Waals surface area contributed by atoms with E-state index in [4.69, 9.17) is 0 Å². The zero-order valence-corrected chi connectivity index (χ0v) is 15.3. The van der Waals surface area contributed by atoms with Crippen LogP contribution in [0.25, 0.3) is 0 Å². The Morgan fingerprint density at radius 1 is 1.00 bits per heavy atom. The highest BCUT2D eigenvalue weighted by Crippen LogP contribution is 2.30. The molecule has 1 saturated carbocycles. The fourth-order valence-electron chi connectivity index (χ4n) is 3.71. The SMILES string of the molecule is CS(=O)(=O)N1CCCN(Cc2cnc(C3CCCCC3)nc2)CC1. The molecule has 1 aliphatic heterocycles. The van der Waals surface area contributed by atoms with Crippen molar-refractivity contribution < 1.29 is 8.42 Å². The van der Waals surface area contributed by atoms with Gasteiger partial charge >= 0.3 is 0 Å². The van der Waals surface area contributed by atoms with Crippen molar-refractivity contribution in [3.63, 3.8) is 0 Å². The van der Waals surface area contributed by atoms with Crippen LogP contribution in [0.1, 0.15) is 55.8 Å². The number of sulfonamides is 1. The third-order valence-corrected chi connectivity index (χ3v) is 6.42. The van der Waals surface area contributed by atoms with Gasteiger partial charge in [0, 0.05) is 50.1 Å². The molecule has 0 bridgehead atoms. The van der Waals surface area contributed by atoms with Gasteiger partial charge in [0.1, 0.15) is 5.82 Å². The van der Waals surface area contributed by atoms with Crippen LogP contribution in [0.15, 0.2) is 12.4 Å². The van der Waals surface area contributed by atoms with Crippen LogP contribution in [0.4, 0.5) is 0 Å². The summed E-state index contributed by atoms with van der Waals surface area (Å²) in [5.41, 5.74) is 1.11. The van der Waals surface area contributed by atoms with Crippen molar-refractivity contribution in [2.45, 2.75) is 51.0 Å². The van der Waals surface area contributed by atoms with Crippen molar-refractivity contribution >= 4 is 10.0 Å². The van der Waals surface area contributed by atoms with Crippen LogP contribution in [-0.2, 0) is 16.6 Å². The van der Waals surface area contributed by atoms with Gasteiger partial charge in [-0.05, 0) is 25.8 Å². The van der Waals surface area contributed by atoms with Gasteiger partial charge in [-0.1, -0.05) is 19.3 Å². The average molecular weight is 353 g/mol. The standard InChI is InChI=1S/C17H28N4O2S/c1-24(22,23)21-9-5-8-20(10-11-21)14-15-12-18-17(19-13-15)16-6-3-2-4-7-16/h12-13,16H,2-11,14H2,1H3. The molecule has 134 valence electrons. The number of nitrogens with zero attached hydrogens (tertiary/aromatic N) is 4. The maximum Gasteiger partial charge on any atom is 0.211 e. The first kappa shape index (κ1) is 17.8. The Morgan fingerprint density at radius 2 is 1.71 bits per heavy atom. The number of hydrogen-bond donors (Lipinski definition) is 0. The molecule has 1 aliphatic carbocycles. The fraction of sp³-hybridized carbons (Fsp3) is 0.765. The molecule has 7 heteroatoms. The van der Waals surface area contributed by atoms with Gasteiger partial charge in [-0.3, -0.25) is 4.90 Å². The summed E-state index contributed by atoms with van der Waals surface area (Å²) in [4.78, 5) is 11.5. The first-order valence-corrected chi connectivity index (χ1v) is 10.9. The Labute approximate surface area is 145 Å². The van der Waals surface area contributed by atoms with E-state index in [0.29, 0.717) is 19.0 Å². The monoisotopic (exact) mass is 352 g/mol. The first-order chi connectivity index (χ1) is 11.5. The number of rotatable bonds is 4. The van der Waals surface area contributed by atoms with E-state index >= 15 is 0 Å². The molecular weight excluding hydrogens is 324 g/mol. The van der Waals surface area contributed by atoms with Crippen molar-refractivity contribution in [2.24, 2.45) is 0 Å². The second kappa shape index (κ2) is 7.89. The maximum atomic E-state index is 11.7. The minimum Gasteiger partial charge on any atom is -0.298 e. The highest BCUT2D eigenvalue weighted by atomic mass is 32.2. The highest BCUT2D eigenvalue weighted by molar-refractivity contribution is 7.88. The molecule has 0 aromatic carbocycles. The van der Waals surface area contributed by atoms with Crippen molar-refractivity contribution in [3.05, 3.63) is 23.8 Å². The molecule has 3 rings (SSSR count). The van der Waals surface area contributed by atoms with Gasteiger partial charge in [-0.15, -0.1) is 0 Å². The smallest absolute Gasteiger partial charge is 0.211 e. The highest BCUT2D eigenvalue weighted by Gasteiger charge is 2.22. The van der Waals surface area contributed by atoms with E-state index in [1.54, 1.807) is 4.31 Å². The minimum atomic E-state index is -3.08. The second-order valence-corrected chi connectivity index (χ2v) is 9.06. The van der Waals surface area contributed by atoms with E-state index in [-0.39, 0.29) is 0 Å². The molecule has 1 saturated heterocycles. The summed E-state index contributed by atoms with van der Waals surface area (Å²) in [6.45, 7) is 3.66. The lowest BCUT2D eigenvalue weighted by Gasteiger charge is -2.22. The van der Waals surface area contributed by atoms with Crippen LogP contribution in [0, 0.1) is 0 Å². The van der Waals surface area contributed by atoms with Gasteiger partial charge in [0.25, 0.3) is 0 Å². The van der Waals surface area contributed by atoms with Crippen LogP contribution >= 0.6 is 0 Å². The maximum absolute atomic E-state index is 11.7. The summed E-state index contributed by atoms with van der Waals surface area (Å²) >= 11 is 0. The topological polar surface area (TPSA) is 66.4 Å². The molecule has 1 aromatic rings. The van der Waals surface area contributed by atoms with Crippen LogP contribution in [-0.4, -0.2) is 60.0 Å². The fourth-order valence-corrected chi connectivity index (χ4v) is 4.59.